The lowest BCUT2D eigenvalue weighted by Crippen LogP contribution is -2.33. The van der Waals surface area contributed by atoms with Crippen LogP contribution in [0.2, 0.25) is 0 Å². The molecule has 0 amide bonds. The molecule has 0 saturated heterocycles. The molecule has 2 aromatic carbocycles. The first-order chi connectivity index (χ1) is 15.8. The molecule has 0 aliphatic heterocycles. The summed E-state index contributed by atoms with van der Waals surface area (Å²) in [6.07, 6.45) is 3.72. The lowest BCUT2D eigenvalue weighted by molar-refractivity contribution is -0.137. The van der Waals surface area contributed by atoms with Crippen molar-refractivity contribution >= 4 is 22.9 Å². The van der Waals surface area contributed by atoms with Crippen molar-refractivity contribution in [1.29, 1.82) is 0 Å². The second-order valence-corrected chi connectivity index (χ2v) is 9.12. The Bertz CT molecular complexity index is 1160. The zero-order chi connectivity index (χ0) is 23.5. The number of carboxylic acid groups (broad SMARTS) is 1. The van der Waals surface area contributed by atoms with Gasteiger partial charge in [0.1, 0.15) is 12.3 Å². The van der Waals surface area contributed by atoms with Crippen molar-refractivity contribution in [3.63, 3.8) is 0 Å². The molecule has 1 aromatic heterocycles. The standard InChI is InChI=1S/C24H27N3O5S/c1-16(2)32-20-6-3-5-18(13-20)17-9-11-19(12-10-17)27(33(30)31)23-8-4-7-22-21(23)14-25-26(22)15-24(28)29/h3,5-6,9-14,16,23H,4,7-8,15H2,1-2H3,(H,28,29)(H,30,31)/p-1. The Hall–Kier alpha value is -3.17. The fraction of sp³-hybridized carbons (Fsp3) is 0.333. The topological polar surface area (TPSA) is 108 Å². The van der Waals surface area contributed by atoms with Gasteiger partial charge in [-0.05, 0) is 68.5 Å². The number of benzene rings is 2. The smallest absolute Gasteiger partial charge is 0.325 e. The summed E-state index contributed by atoms with van der Waals surface area (Å²) < 4.78 is 33.1. The highest BCUT2D eigenvalue weighted by Gasteiger charge is 2.30. The maximum atomic E-state index is 12.3. The van der Waals surface area contributed by atoms with Crippen molar-refractivity contribution in [2.24, 2.45) is 0 Å². The van der Waals surface area contributed by atoms with Crippen LogP contribution in [0.3, 0.4) is 0 Å². The maximum Gasteiger partial charge on any atom is 0.325 e. The molecule has 0 fully saturated rings. The van der Waals surface area contributed by atoms with Crippen molar-refractivity contribution in [2.75, 3.05) is 4.31 Å². The first-order valence-corrected chi connectivity index (χ1v) is 11.9. The minimum absolute atomic E-state index is 0.0726. The highest BCUT2D eigenvalue weighted by molar-refractivity contribution is 7.80. The number of nitrogens with zero attached hydrogens (tertiary/aromatic N) is 3. The average molecular weight is 469 g/mol. The SMILES string of the molecule is CC(C)Oc1cccc(-c2ccc(N(C3CCCc4c3cnn4CC(=O)O)S(=O)[O-])cc2)c1. The van der Waals surface area contributed by atoms with Gasteiger partial charge in [0.2, 0.25) is 0 Å². The number of aliphatic carboxylic acids is 1. The van der Waals surface area contributed by atoms with E-state index in [-0.39, 0.29) is 12.6 Å². The molecule has 4 rings (SSSR count). The summed E-state index contributed by atoms with van der Waals surface area (Å²) in [5, 5.41) is 13.3. The quantitative estimate of drug-likeness (QED) is 0.499. The van der Waals surface area contributed by atoms with Crippen LogP contribution in [0.25, 0.3) is 11.1 Å². The average Bonchev–Trinajstić information content (AvgIpc) is 3.17. The number of hydrogen-bond acceptors (Lipinski definition) is 5. The number of rotatable bonds is 8. The third kappa shape index (κ3) is 5.09. The van der Waals surface area contributed by atoms with Gasteiger partial charge in [-0.15, -0.1) is 0 Å². The zero-order valence-electron chi connectivity index (χ0n) is 18.5. The number of ether oxygens (including phenoxy) is 1. The van der Waals surface area contributed by atoms with Gasteiger partial charge in [0.25, 0.3) is 0 Å². The largest absolute Gasteiger partial charge is 0.755 e. The molecule has 9 heteroatoms. The Morgan fingerprint density at radius 2 is 2.03 bits per heavy atom. The summed E-state index contributed by atoms with van der Waals surface area (Å²) in [4.78, 5) is 11.1. The van der Waals surface area contributed by atoms with Crippen molar-refractivity contribution in [3.8, 4) is 16.9 Å². The summed E-state index contributed by atoms with van der Waals surface area (Å²) in [6.45, 7) is 3.71. The third-order valence-corrected chi connectivity index (χ3v) is 6.41. The Kier molecular flexibility index (Phi) is 6.80. The van der Waals surface area contributed by atoms with Crippen LogP contribution in [-0.4, -0.2) is 35.7 Å². The molecule has 174 valence electrons. The predicted molar refractivity (Wildman–Crippen MR) is 125 cm³/mol. The lowest BCUT2D eigenvalue weighted by Gasteiger charge is -2.37. The van der Waals surface area contributed by atoms with Gasteiger partial charge in [0, 0.05) is 28.2 Å². The normalized spacial score (nSPS) is 16.3. The molecule has 8 nitrogen and oxygen atoms in total. The molecule has 2 unspecified atom stereocenters. The number of hydrogen-bond donors (Lipinski definition) is 1. The first-order valence-electron chi connectivity index (χ1n) is 10.9. The van der Waals surface area contributed by atoms with Crippen LogP contribution in [-0.2, 0) is 29.0 Å². The summed E-state index contributed by atoms with van der Waals surface area (Å²) in [5.74, 6) is -0.201. The maximum absolute atomic E-state index is 12.3. The van der Waals surface area contributed by atoms with Crippen LogP contribution in [0.4, 0.5) is 5.69 Å². The van der Waals surface area contributed by atoms with Crippen molar-refractivity contribution in [2.45, 2.75) is 51.8 Å². The van der Waals surface area contributed by atoms with Crippen LogP contribution in [0.5, 0.6) is 5.75 Å². The highest BCUT2D eigenvalue weighted by atomic mass is 32.2. The predicted octanol–water partition coefficient (Wildman–Crippen LogP) is 4.10. The number of carbonyl (C=O) groups is 1. The molecule has 2 atom stereocenters. The molecule has 0 radical (unpaired) electrons. The van der Waals surface area contributed by atoms with E-state index in [9.17, 15) is 13.6 Å². The zero-order valence-corrected chi connectivity index (χ0v) is 19.3. The molecule has 0 spiro atoms. The summed E-state index contributed by atoms with van der Waals surface area (Å²) in [6, 6.07) is 14.7. The van der Waals surface area contributed by atoms with E-state index >= 15 is 0 Å². The number of aromatic nitrogens is 2. The fourth-order valence-corrected chi connectivity index (χ4v) is 5.02. The van der Waals surface area contributed by atoms with E-state index in [0.717, 1.165) is 34.6 Å². The van der Waals surface area contributed by atoms with Crippen molar-refractivity contribution in [3.05, 3.63) is 66.0 Å². The van der Waals surface area contributed by atoms with E-state index in [1.54, 1.807) is 18.3 Å². The van der Waals surface area contributed by atoms with E-state index in [0.29, 0.717) is 18.5 Å². The van der Waals surface area contributed by atoms with Crippen LogP contribution < -0.4 is 9.04 Å². The monoisotopic (exact) mass is 468 g/mol. The van der Waals surface area contributed by atoms with Gasteiger partial charge in [-0.1, -0.05) is 24.3 Å². The minimum Gasteiger partial charge on any atom is -0.755 e. The van der Waals surface area contributed by atoms with Gasteiger partial charge in [0.15, 0.2) is 0 Å². The fourth-order valence-electron chi connectivity index (χ4n) is 4.30. The number of anilines is 1. The molecule has 0 saturated carbocycles. The summed E-state index contributed by atoms with van der Waals surface area (Å²) >= 11 is -2.51. The Balaban J connectivity index is 1.62. The second kappa shape index (κ2) is 9.76. The molecule has 0 bridgehead atoms. The Morgan fingerprint density at radius 3 is 2.70 bits per heavy atom. The molecule has 1 aliphatic carbocycles. The highest BCUT2D eigenvalue weighted by Crippen LogP contribution is 2.38. The van der Waals surface area contributed by atoms with Crippen LogP contribution in [0.1, 0.15) is 44.0 Å². The minimum atomic E-state index is -2.51. The van der Waals surface area contributed by atoms with Gasteiger partial charge >= 0.3 is 5.97 Å². The van der Waals surface area contributed by atoms with E-state index in [1.807, 2.05) is 50.2 Å². The van der Waals surface area contributed by atoms with Gasteiger partial charge in [-0.25, -0.2) is 0 Å². The number of fused-ring (bicyclic) bond motifs is 1. The van der Waals surface area contributed by atoms with Crippen LogP contribution >= 0.6 is 0 Å². The molecule has 1 N–H and O–H groups in total. The van der Waals surface area contributed by atoms with E-state index < -0.39 is 23.3 Å². The van der Waals surface area contributed by atoms with Crippen molar-refractivity contribution in [1.82, 2.24) is 9.78 Å². The molecule has 3 aromatic rings. The molecule has 33 heavy (non-hydrogen) atoms. The van der Waals surface area contributed by atoms with Gasteiger partial charge < -0.3 is 14.4 Å². The van der Waals surface area contributed by atoms with Gasteiger partial charge in [-0.3, -0.25) is 18.0 Å². The second-order valence-electron chi connectivity index (χ2n) is 8.29. The van der Waals surface area contributed by atoms with E-state index in [1.165, 1.54) is 8.99 Å². The third-order valence-electron chi connectivity index (χ3n) is 5.62. The first kappa shape index (κ1) is 23.0. The molecule has 1 aliphatic rings. The van der Waals surface area contributed by atoms with Crippen molar-refractivity contribution < 1.29 is 23.4 Å². The van der Waals surface area contributed by atoms with E-state index in [4.69, 9.17) is 9.84 Å². The van der Waals surface area contributed by atoms with Gasteiger partial charge in [0.05, 0.1) is 18.3 Å². The Labute approximate surface area is 195 Å². The van der Waals surface area contributed by atoms with Crippen LogP contribution in [0.15, 0.2) is 54.7 Å². The molecular weight excluding hydrogens is 442 g/mol. The summed E-state index contributed by atoms with van der Waals surface area (Å²) in [7, 11) is 0. The van der Waals surface area contributed by atoms with E-state index in [2.05, 4.69) is 5.10 Å². The number of carboxylic acids is 1. The lowest BCUT2D eigenvalue weighted by atomic mass is 9.92. The Morgan fingerprint density at radius 1 is 1.27 bits per heavy atom. The molecular formula is C24H26N3O5S-. The molecule has 1 heterocycles. The summed E-state index contributed by atoms with van der Waals surface area (Å²) in [5.41, 5.74) is 4.01. The van der Waals surface area contributed by atoms with Gasteiger partial charge in [-0.2, -0.15) is 5.10 Å². The van der Waals surface area contributed by atoms with Crippen LogP contribution in [0, 0.1) is 0 Å².